The van der Waals surface area contributed by atoms with Crippen LogP contribution < -0.4 is 0 Å². The monoisotopic (exact) mass is 260 g/mol. The van der Waals surface area contributed by atoms with Crippen molar-refractivity contribution in [1.82, 2.24) is 0 Å². The minimum absolute atomic E-state index is 0.591. The van der Waals surface area contributed by atoms with E-state index in [9.17, 15) is 0 Å². The highest BCUT2D eigenvalue weighted by Crippen LogP contribution is 2.38. The first-order valence-corrected chi connectivity index (χ1v) is 7.79. The molecular weight excluding hydrogens is 240 g/mol. The zero-order valence-electron chi connectivity index (χ0n) is 12.0. The Hall–Kier alpha value is -1.82. The summed E-state index contributed by atoms with van der Waals surface area (Å²) < 4.78 is 0. The van der Waals surface area contributed by atoms with Gasteiger partial charge in [-0.15, -0.1) is 0 Å². The number of hydrogen-bond donors (Lipinski definition) is 0. The molecule has 0 heterocycles. The lowest BCUT2D eigenvalue weighted by molar-refractivity contribution is 0.785. The van der Waals surface area contributed by atoms with E-state index in [4.69, 9.17) is 0 Å². The first-order valence-electron chi connectivity index (χ1n) is 7.79. The van der Waals surface area contributed by atoms with Crippen molar-refractivity contribution in [3.8, 4) is 0 Å². The van der Waals surface area contributed by atoms with Crippen molar-refractivity contribution in [3.63, 3.8) is 0 Å². The van der Waals surface area contributed by atoms with Crippen LogP contribution in [0.15, 0.2) is 42.5 Å². The van der Waals surface area contributed by atoms with E-state index < -0.39 is 0 Å². The molecule has 100 valence electrons. The van der Waals surface area contributed by atoms with Crippen LogP contribution >= 0.6 is 0 Å². The van der Waals surface area contributed by atoms with Gasteiger partial charge in [-0.1, -0.05) is 55.5 Å². The van der Waals surface area contributed by atoms with E-state index in [-0.39, 0.29) is 0 Å². The quantitative estimate of drug-likeness (QED) is 0.602. The third-order valence-electron chi connectivity index (χ3n) is 4.85. The molecule has 0 nitrogen and oxygen atoms in total. The van der Waals surface area contributed by atoms with Crippen LogP contribution in [0.5, 0.6) is 0 Å². The van der Waals surface area contributed by atoms with Gasteiger partial charge >= 0.3 is 0 Å². The summed E-state index contributed by atoms with van der Waals surface area (Å²) in [6, 6.07) is 9.42. The molecule has 1 unspecified atom stereocenters. The maximum Gasteiger partial charge on any atom is 0.00244 e. The highest BCUT2D eigenvalue weighted by atomic mass is 14.2. The molecule has 2 aromatic carbocycles. The number of rotatable bonds is 1. The highest BCUT2D eigenvalue weighted by molar-refractivity contribution is 5.95. The molecule has 0 bridgehead atoms. The maximum atomic E-state index is 2.40. The Bertz CT molecular complexity index is 731. The van der Waals surface area contributed by atoms with Crippen LogP contribution in [0.4, 0.5) is 0 Å². The normalized spacial score (nSPS) is 19.9. The van der Waals surface area contributed by atoms with Crippen molar-refractivity contribution in [3.05, 3.63) is 64.7 Å². The Kier molecular flexibility index (Phi) is 2.77. The molecule has 0 heteroatoms. The number of benzene rings is 2. The molecule has 0 fully saturated rings. The van der Waals surface area contributed by atoms with Crippen LogP contribution in [-0.4, -0.2) is 0 Å². The molecule has 0 radical (unpaired) electrons. The summed E-state index contributed by atoms with van der Waals surface area (Å²) in [5.74, 6) is 0.591. The highest BCUT2D eigenvalue weighted by Gasteiger charge is 2.19. The van der Waals surface area contributed by atoms with Gasteiger partial charge in [-0.2, -0.15) is 0 Å². The molecule has 2 aliphatic rings. The summed E-state index contributed by atoms with van der Waals surface area (Å²) in [6.07, 6.45) is 14.0. The number of aryl methyl sites for hydroxylation is 1. The lowest BCUT2D eigenvalue weighted by atomic mass is 9.81. The molecule has 0 spiro atoms. The van der Waals surface area contributed by atoms with Gasteiger partial charge in [0.05, 0.1) is 0 Å². The van der Waals surface area contributed by atoms with Crippen LogP contribution in [0, 0.1) is 0 Å². The molecule has 0 saturated heterocycles. The molecule has 0 aliphatic heterocycles. The minimum Gasteiger partial charge on any atom is -0.0836 e. The van der Waals surface area contributed by atoms with Crippen LogP contribution in [0.1, 0.15) is 47.9 Å². The molecule has 0 aromatic heterocycles. The summed E-state index contributed by atoms with van der Waals surface area (Å²) in [5.41, 5.74) is 6.07. The fourth-order valence-corrected chi connectivity index (χ4v) is 3.81. The third-order valence-corrected chi connectivity index (χ3v) is 4.85. The second-order valence-corrected chi connectivity index (χ2v) is 5.96. The predicted octanol–water partition coefficient (Wildman–Crippen LogP) is 5.41. The Morgan fingerprint density at radius 3 is 2.75 bits per heavy atom. The number of allylic oxidation sites excluding steroid dienone is 3. The fraction of sp³-hybridized carbons (Fsp3) is 0.300. The van der Waals surface area contributed by atoms with Gasteiger partial charge in [-0.05, 0) is 58.7 Å². The Morgan fingerprint density at radius 1 is 1.00 bits per heavy atom. The number of hydrogen-bond acceptors (Lipinski definition) is 0. The SMILES string of the molecule is CCC1C=CCc2ccc3c4c(ccc3c21)CCC=C4. The lowest BCUT2D eigenvalue weighted by Gasteiger charge is -2.24. The molecule has 4 rings (SSSR count). The first-order chi connectivity index (χ1) is 9.88. The summed E-state index contributed by atoms with van der Waals surface area (Å²) in [4.78, 5) is 0. The van der Waals surface area contributed by atoms with Gasteiger partial charge in [0, 0.05) is 5.92 Å². The topological polar surface area (TPSA) is 0 Å². The maximum absolute atomic E-state index is 2.40. The minimum atomic E-state index is 0.591. The van der Waals surface area contributed by atoms with E-state index in [0.717, 1.165) is 6.42 Å². The molecule has 0 saturated carbocycles. The largest absolute Gasteiger partial charge is 0.0836 e. The van der Waals surface area contributed by atoms with Crippen molar-refractivity contribution < 1.29 is 0 Å². The lowest BCUT2D eigenvalue weighted by Crippen LogP contribution is -2.06. The zero-order valence-corrected chi connectivity index (χ0v) is 12.0. The van der Waals surface area contributed by atoms with Crippen LogP contribution in [0.25, 0.3) is 16.8 Å². The van der Waals surface area contributed by atoms with Crippen molar-refractivity contribution >= 4 is 16.8 Å². The van der Waals surface area contributed by atoms with Gasteiger partial charge in [0.2, 0.25) is 0 Å². The summed E-state index contributed by atoms with van der Waals surface area (Å²) in [7, 11) is 0. The smallest absolute Gasteiger partial charge is 0.00244 e. The average Bonchev–Trinajstić information content (AvgIpc) is 2.53. The summed E-state index contributed by atoms with van der Waals surface area (Å²) in [6.45, 7) is 2.29. The fourth-order valence-electron chi connectivity index (χ4n) is 3.81. The predicted molar refractivity (Wildman–Crippen MR) is 87.2 cm³/mol. The van der Waals surface area contributed by atoms with Gasteiger partial charge < -0.3 is 0 Å². The van der Waals surface area contributed by atoms with E-state index >= 15 is 0 Å². The number of fused-ring (bicyclic) bond motifs is 5. The van der Waals surface area contributed by atoms with Crippen molar-refractivity contribution in [2.45, 2.75) is 38.5 Å². The van der Waals surface area contributed by atoms with Crippen molar-refractivity contribution in [1.29, 1.82) is 0 Å². The molecule has 0 amide bonds. The van der Waals surface area contributed by atoms with E-state index in [1.807, 2.05) is 0 Å². The van der Waals surface area contributed by atoms with E-state index in [1.54, 1.807) is 5.56 Å². The molecule has 20 heavy (non-hydrogen) atoms. The van der Waals surface area contributed by atoms with Gasteiger partial charge in [0.1, 0.15) is 0 Å². The Labute approximate surface area is 120 Å². The van der Waals surface area contributed by atoms with E-state index in [2.05, 4.69) is 55.5 Å². The molecule has 2 aromatic rings. The average molecular weight is 260 g/mol. The Balaban J connectivity index is 2.04. The second-order valence-electron chi connectivity index (χ2n) is 5.96. The van der Waals surface area contributed by atoms with Gasteiger partial charge in [-0.3, -0.25) is 0 Å². The van der Waals surface area contributed by atoms with Crippen molar-refractivity contribution in [2.24, 2.45) is 0 Å². The van der Waals surface area contributed by atoms with E-state index in [1.165, 1.54) is 46.7 Å². The first kappa shape index (κ1) is 12.0. The van der Waals surface area contributed by atoms with Gasteiger partial charge in [-0.25, -0.2) is 0 Å². The van der Waals surface area contributed by atoms with Gasteiger partial charge in [0.15, 0.2) is 0 Å². The van der Waals surface area contributed by atoms with Crippen LogP contribution in [0.2, 0.25) is 0 Å². The van der Waals surface area contributed by atoms with E-state index in [0.29, 0.717) is 5.92 Å². The van der Waals surface area contributed by atoms with Crippen LogP contribution in [-0.2, 0) is 12.8 Å². The summed E-state index contributed by atoms with van der Waals surface area (Å²) in [5, 5.41) is 2.93. The molecular formula is C20H20. The van der Waals surface area contributed by atoms with Crippen molar-refractivity contribution in [2.75, 3.05) is 0 Å². The third kappa shape index (κ3) is 1.67. The van der Waals surface area contributed by atoms with Crippen LogP contribution in [0.3, 0.4) is 0 Å². The zero-order chi connectivity index (χ0) is 13.5. The molecule has 0 N–H and O–H groups in total. The van der Waals surface area contributed by atoms with Gasteiger partial charge in [0.25, 0.3) is 0 Å². The summed E-state index contributed by atoms with van der Waals surface area (Å²) >= 11 is 0. The Morgan fingerprint density at radius 2 is 1.85 bits per heavy atom. The standard InChI is InChI=1S/C20H20/c1-2-14-7-5-8-16-11-12-18-17-9-4-3-6-15(17)10-13-19(18)20(14)16/h4-5,7,9-14H,2-3,6,8H2,1H3. The molecule has 1 atom stereocenters. The molecule has 2 aliphatic carbocycles. The second kappa shape index (κ2) is 4.63.